The number of carbonyl (C=O) groups excluding carboxylic acids is 1. The van der Waals surface area contributed by atoms with E-state index in [9.17, 15) is 4.79 Å². The average Bonchev–Trinajstić information content (AvgIpc) is 3.35. The van der Waals surface area contributed by atoms with Crippen LogP contribution in [0, 0.1) is 20.8 Å². The number of aromatic nitrogens is 3. The van der Waals surface area contributed by atoms with Gasteiger partial charge in [-0.15, -0.1) is 0 Å². The second-order valence-corrected chi connectivity index (χ2v) is 7.02. The summed E-state index contributed by atoms with van der Waals surface area (Å²) in [6, 6.07) is 14.8. The lowest BCUT2D eigenvalue weighted by Gasteiger charge is -2.09. The molecule has 4 rings (SSSR count). The molecule has 1 amide bonds. The first-order valence-corrected chi connectivity index (χ1v) is 9.51. The SMILES string of the molecule is COc1ccc(C)cc1-n1ccc(C(=O)Nc2cccc(-c3nc(C)c(C)o3)c2)n1. The van der Waals surface area contributed by atoms with Gasteiger partial charge in [0, 0.05) is 17.4 Å². The highest BCUT2D eigenvalue weighted by molar-refractivity contribution is 6.03. The Kier molecular flexibility index (Phi) is 5.10. The number of nitrogens with zero attached hydrogens (tertiary/aromatic N) is 3. The topological polar surface area (TPSA) is 82.2 Å². The number of benzene rings is 2. The number of ether oxygens (including phenoxy) is 1. The summed E-state index contributed by atoms with van der Waals surface area (Å²) in [5.41, 5.74) is 4.41. The number of carbonyl (C=O) groups is 1. The van der Waals surface area contributed by atoms with Gasteiger partial charge in [-0.25, -0.2) is 9.67 Å². The number of methoxy groups -OCH3 is 1. The van der Waals surface area contributed by atoms with Crippen LogP contribution in [0.1, 0.15) is 27.5 Å². The minimum atomic E-state index is -0.308. The number of oxazole rings is 1. The summed E-state index contributed by atoms with van der Waals surface area (Å²) in [7, 11) is 1.61. The summed E-state index contributed by atoms with van der Waals surface area (Å²) in [6.45, 7) is 5.76. The molecule has 0 unspecified atom stereocenters. The van der Waals surface area contributed by atoms with Crippen LogP contribution in [-0.2, 0) is 0 Å². The molecule has 4 aromatic rings. The van der Waals surface area contributed by atoms with Gasteiger partial charge in [-0.3, -0.25) is 4.79 Å². The maximum atomic E-state index is 12.7. The quantitative estimate of drug-likeness (QED) is 0.523. The third kappa shape index (κ3) is 3.82. The van der Waals surface area contributed by atoms with Gasteiger partial charge in [0.25, 0.3) is 5.91 Å². The standard InChI is InChI=1S/C23H22N4O3/c1-14-8-9-21(29-4)20(12-14)27-11-10-19(26-27)22(28)25-18-7-5-6-17(13-18)23-24-15(2)16(3)30-23/h5-13H,1-4H3,(H,25,28). The Labute approximate surface area is 174 Å². The van der Waals surface area contributed by atoms with Crippen molar-refractivity contribution in [1.29, 1.82) is 0 Å². The van der Waals surface area contributed by atoms with Gasteiger partial charge in [0.15, 0.2) is 5.69 Å². The lowest BCUT2D eigenvalue weighted by molar-refractivity contribution is 0.102. The Balaban J connectivity index is 1.56. The van der Waals surface area contributed by atoms with E-state index in [0.717, 1.165) is 28.3 Å². The molecule has 7 heteroatoms. The van der Waals surface area contributed by atoms with Crippen LogP contribution >= 0.6 is 0 Å². The van der Waals surface area contributed by atoms with Crippen LogP contribution < -0.4 is 10.1 Å². The predicted molar refractivity (Wildman–Crippen MR) is 114 cm³/mol. The van der Waals surface area contributed by atoms with Crippen LogP contribution in [0.3, 0.4) is 0 Å². The Hall–Kier alpha value is -3.87. The van der Waals surface area contributed by atoms with E-state index in [1.807, 2.05) is 63.2 Å². The van der Waals surface area contributed by atoms with Crippen molar-refractivity contribution in [3.05, 3.63) is 77.4 Å². The second kappa shape index (κ2) is 7.87. The Morgan fingerprint density at radius 2 is 1.93 bits per heavy atom. The number of amides is 1. The zero-order valence-corrected chi connectivity index (χ0v) is 17.3. The highest BCUT2D eigenvalue weighted by atomic mass is 16.5. The fourth-order valence-electron chi connectivity index (χ4n) is 3.08. The molecule has 0 saturated carbocycles. The molecule has 0 radical (unpaired) electrons. The molecule has 152 valence electrons. The van der Waals surface area contributed by atoms with Crippen molar-refractivity contribution in [2.75, 3.05) is 12.4 Å². The van der Waals surface area contributed by atoms with E-state index >= 15 is 0 Å². The third-order valence-electron chi connectivity index (χ3n) is 4.80. The predicted octanol–water partition coefficient (Wildman–Crippen LogP) is 4.71. The number of aryl methyl sites for hydroxylation is 3. The number of hydrogen-bond acceptors (Lipinski definition) is 5. The van der Waals surface area contributed by atoms with Crippen LogP contribution in [0.15, 0.2) is 59.1 Å². The average molecular weight is 402 g/mol. The maximum absolute atomic E-state index is 12.7. The maximum Gasteiger partial charge on any atom is 0.276 e. The molecule has 2 heterocycles. The van der Waals surface area contributed by atoms with Crippen LogP contribution in [0.2, 0.25) is 0 Å². The van der Waals surface area contributed by atoms with E-state index in [-0.39, 0.29) is 5.91 Å². The van der Waals surface area contributed by atoms with E-state index < -0.39 is 0 Å². The molecule has 0 fully saturated rings. The van der Waals surface area contributed by atoms with E-state index in [1.54, 1.807) is 24.1 Å². The van der Waals surface area contributed by atoms with Crippen LogP contribution in [0.4, 0.5) is 5.69 Å². The van der Waals surface area contributed by atoms with Gasteiger partial charge >= 0.3 is 0 Å². The van der Waals surface area contributed by atoms with Gasteiger partial charge in [-0.1, -0.05) is 12.1 Å². The van der Waals surface area contributed by atoms with Crippen molar-refractivity contribution in [3.8, 4) is 22.9 Å². The molecule has 0 aliphatic carbocycles. The summed E-state index contributed by atoms with van der Waals surface area (Å²) in [5.74, 6) is 1.67. The van der Waals surface area contributed by atoms with Crippen LogP contribution in [0.5, 0.6) is 5.75 Å². The first-order valence-electron chi connectivity index (χ1n) is 9.51. The Morgan fingerprint density at radius 3 is 2.67 bits per heavy atom. The summed E-state index contributed by atoms with van der Waals surface area (Å²) >= 11 is 0. The Bertz CT molecular complexity index is 1200. The van der Waals surface area contributed by atoms with Gasteiger partial charge in [-0.2, -0.15) is 5.10 Å². The molecule has 2 aromatic heterocycles. The Morgan fingerprint density at radius 1 is 1.10 bits per heavy atom. The van der Waals surface area contributed by atoms with E-state index in [4.69, 9.17) is 9.15 Å². The normalized spacial score (nSPS) is 10.8. The van der Waals surface area contributed by atoms with E-state index in [1.165, 1.54) is 0 Å². The molecule has 0 bridgehead atoms. The smallest absolute Gasteiger partial charge is 0.276 e. The number of nitrogens with one attached hydrogen (secondary N) is 1. The van der Waals surface area contributed by atoms with Crippen LogP contribution in [-0.4, -0.2) is 27.8 Å². The van der Waals surface area contributed by atoms with E-state index in [0.29, 0.717) is 23.0 Å². The third-order valence-corrected chi connectivity index (χ3v) is 4.80. The largest absolute Gasteiger partial charge is 0.494 e. The lowest BCUT2D eigenvalue weighted by atomic mass is 10.2. The monoisotopic (exact) mass is 402 g/mol. The molecule has 0 saturated heterocycles. The minimum absolute atomic E-state index is 0.298. The highest BCUT2D eigenvalue weighted by Crippen LogP contribution is 2.25. The molecule has 0 aliphatic rings. The fourth-order valence-corrected chi connectivity index (χ4v) is 3.08. The summed E-state index contributed by atoms with van der Waals surface area (Å²) in [6.07, 6.45) is 1.74. The summed E-state index contributed by atoms with van der Waals surface area (Å²) in [4.78, 5) is 17.1. The molecule has 7 nitrogen and oxygen atoms in total. The fraction of sp³-hybridized carbons (Fsp3) is 0.174. The van der Waals surface area contributed by atoms with Crippen molar-refractivity contribution in [2.45, 2.75) is 20.8 Å². The molecular formula is C23H22N4O3. The zero-order chi connectivity index (χ0) is 21.3. The van der Waals surface area contributed by atoms with Gasteiger partial charge < -0.3 is 14.5 Å². The first-order chi connectivity index (χ1) is 14.4. The van der Waals surface area contributed by atoms with Gasteiger partial charge in [0.05, 0.1) is 12.8 Å². The second-order valence-electron chi connectivity index (χ2n) is 7.02. The highest BCUT2D eigenvalue weighted by Gasteiger charge is 2.14. The van der Waals surface area contributed by atoms with Crippen molar-refractivity contribution >= 4 is 11.6 Å². The zero-order valence-electron chi connectivity index (χ0n) is 17.3. The molecule has 2 aromatic carbocycles. The van der Waals surface area contributed by atoms with Gasteiger partial charge in [0.2, 0.25) is 5.89 Å². The van der Waals surface area contributed by atoms with E-state index in [2.05, 4.69) is 15.4 Å². The molecule has 1 N–H and O–H groups in total. The summed E-state index contributed by atoms with van der Waals surface area (Å²) in [5, 5.41) is 7.29. The first kappa shape index (κ1) is 19.4. The number of anilines is 1. The number of rotatable bonds is 5. The minimum Gasteiger partial charge on any atom is -0.494 e. The van der Waals surface area contributed by atoms with Crippen molar-refractivity contribution in [3.63, 3.8) is 0 Å². The van der Waals surface area contributed by atoms with Crippen molar-refractivity contribution in [1.82, 2.24) is 14.8 Å². The van der Waals surface area contributed by atoms with Crippen molar-refractivity contribution < 1.29 is 13.9 Å². The molecular weight excluding hydrogens is 380 g/mol. The van der Waals surface area contributed by atoms with Gasteiger partial charge in [0.1, 0.15) is 17.2 Å². The molecule has 30 heavy (non-hydrogen) atoms. The number of hydrogen-bond donors (Lipinski definition) is 1. The van der Waals surface area contributed by atoms with Gasteiger partial charge in [-0.05, 0) is 62.7 Å². The molecule has 0 atom stereocenters. The van der Waals surface area contributed by atoms with Crippen molar-refractivity contribution in [2.24, 2.45) is 0 Å². The molecule has 0 spiro atoms. The summed E-state index contributed by atoms with van der Waals surface area (Å²) < 4.78 is 12.7. The van der Waals surface area contributed by atoms with Crippen LogP contribution in [0.25, 0.3) is 17.1 Å². The lowest BCUT2D eigenvalue weighted by Crippen LogP contribution is -2.13. The molecule has 0 aliphatic heterocycles.